The predicted octanol–water partition coefficient (Wildman–Crippen LogP) is 6.67. The normalized spacial score (nSPS) is 25.9. The van der Waals surface area contributed by atoms with Crippen molar-refractivity contribution in [1.82, 2.24) is 10.6 Å². The van der Waals surface area contributed by atoms with Crippen molar-refractivity contribution < 1.29 is 0 Å². The van der Waals surface area contributed by atoms with Crippen LogP contribution in [-0.4, -0.2) is 22.2 Å². The molecule has 1 aromatic carbocycles. The van der Waals surface area contributed by atoms with Crippen molar-refractivity contribution in [2.24, 2.45) is 11.8 Å². The van der Waals surface area contributed by atoms with Crippen LogP contribution in [0.1, 0.15) is 105 Å². The molecule has 0 saturated carbocycles. The molecule has 0 unspecified atom stereocenters. The minimum Gasteiger partial charge on any atom is -0.307 e. The highest BCUT2D eigenvalue weighted by Gasteiger charge is 2.38. The minimum atomic E-state index is 0.258. The highest BCUT2D eigenvalue weighted by atomic mass is 15.1. The Morgan fingerprint density at radius 3 is 1.10 bits per heavy atom. The standard InChI is InChI=1S/C28H48N2/c1-25(2)17-23(18-26(3,4)29-25)15-13-21-9-11-22(12-10-21)14-16-24-19-27(5,6)30-28(7,8)20-24/h9-12,23-24,29-30H,13-20H2,1-8H3. The highest BCUT2D eigenvalue weighted by molar-refractivity contribution is 5.23. The lowest BCUT2D eigenvalue weighted by Gasteiger charge is -2.46. The summed E-state index contributed by atoms with van der Waals surface area (Å²) in [6.07, 6.45) is 10.2. The van der Waals surface area contributed by atoms with Crippen LogP contribution in [0.3, 0.4) is 0 Å². The van der Waals surface area contributed by atoms with Crippen LogP contribution in [0.5, 0.6) is 0 Å². The van der Waals surface area contributed by atoms with Gasteiger partial charge in [0.15, 0.2) is 0 Å². The first kappa shape index (κ1) is 23.8. The molecule has 0 atom stereocenters. The van der Waals surface area contributed by atoms with E-state index in [1.807, 2.05) is 0 Å². The molecular weight excluding hydrogens is 364 g/mol. The van der Waals surface area contributed by atoms with Gasteiger partial charge in [-0.05, 0) is 130 Å². The minimum absolute atomic E-state index is 0.258. The smallest absolute Gasteiger partial charge is 0.0132 e. The van der Waals surface area contributed by atoms with Crippen LogP contribution < -0.4 is 10.6 Å². The lowest BCUT2D eigenvalue weighted by Crippen LogP contribution is -2.57. The fourth-order valence-corrected chi connectivity index (χ4v) is 7.09. The Morgan fingerprint density at radius 1 is 0.567 bits per heavy atom. The molecule has 30 heavy (non-hydrogen) atoms. The van der Waals surface area contributed by atoms with Crippen LogP contribution in [-0.2, 0) is 12.8 Å². The van der Waals surface area contributed by atoms with Gasteiger partial charge in [0.25, 0.3) is 0 Å². The van der Waals surface area contributed by atoms with E-state index >= 15 is 0 Å². The first-order valence-electron chi connectivity index (χ1n) is 12.4. The third-order valence-corrected chi connectivity index (χ3v) is 7.25. The number of rotatable bonds is 6. The summed E-state index contributed by atoms with van der Waals surface area (Å²) >= 11 is 0. The lowest BCUT2D eigenvalue weighted by atomic mass is 9.74. The second kappa shape index (κ2) is 8.58. The Labute approximate surface area is 187 Å². The highest BCUT2D eigenvalue weighted by Crippen LogP contribution is 2.36. The van der Waals surface area contributed by atoms with Gasteiger partial charge in [-0.25, -0.2) is 0 Å². The first-order chi connectivity index (χ1) is 13.7. The van der Waals surface area contributed by atoms with Crippen LogP contribution in [0.25, 0.3) is 0 Å². The van der Waals surface area contributed by atoms with Crippen molar-refractivity contribution in [3.63, 3.8) is 0 Å². The summed E-state index contributed by atoms with van der Waals surface area (Å²) in [6, 6.07) is 9.57. The van der Waals surface area contributed by atoms with Crippen LogP contribution in [0.2, 0.25) is 0 Å². The summed E-state index contributed by atoms with van der Waals surface area (Å²) in [7, 11) is 0. The Kier molecular flexibility index (Phi) is 6.81. The van der Waals surface area contributed by atoms with Crippen LogP contribution >= 0.6 is 0 Å². The van der Waals surface area contributed by atoms with Crippen molar-refractivity contribution >= 4 is 0 Å². The molecule has 2 saturated heterocycles. The number of piperidine rings is 2. The van der Waals surface area contributed by atoms with Crippen molar-refractivity contribution in [3.8, 4) is 0 Å². The maximum Gasteiger partial charge on any atom is 0.0132 e. The van der Waals surface area contributed by atoms with E-state index in [-0.39, 0.29) is 22.2 Å². The molecule has 0 bridgehead atoms. The fraction of sp³-hybridized carbons (Fsp3) is 0.786. The molecule has 2 N–H and O–H groups in total. The maximum absolute atomic E-state index is 3.81. The number of benzene rings is 1. The van der Waals surface area contributed by atoms with Crippen LogP contribution in [0, 0.1) is 11.8 Å². The molecule has 170 valence electrons. The van der Waals surface area contributed by atoms with E-state index in [2.05, 4.69) is 90.3 Å². The Hall–Kier alpha value is -0.860. The summed E-state index contributed by atoms with van der Waals surface area (Å²) in [5, 5.41) is 7.63. The molecule has 2 fully saturated rings. The van der Waals surface area contributed by atoms with Gasteiger partial charge >= 0.3 is 0 Å². The Morgan fingerprint density at radius 2 is 0.833 bits per heavy atom. The molecular formula is C28H48N2. The van der Waals surface area contributed by atoms with Gasteiger partial charge in [-0.15, -0.1) is 0 Å². The molecule has 2 heterocycles. The summed E-state index contributed by atoms with van der Waals surface area (Å²) < 4.78 is 0. The van der Waals surface area contributed by atoms with Gasteiger partial charge in [0.05, 0.1) is 0 Å². The molecule has 2 heteroatoms. The molecule has 0 aromatic heterocycles. The van der Waals surface area contributed by atoms with Crippen molar-refractivity contribution in [2.45, 2.75) is 129 Å². The molecule has 2 aliphatic heterocycles. The van der Waals surface area contributed by atoms with E-state index in [0.29, 0.717) is 0 Å². The quantitative estimate of drug-likeness (QED) is 0.545. The van der Waals surface area contributed by atoms with Gasteiger partial charge in [0, 0.05) is 22.2 Å². The zero-order chi connectivity index (χ0) is 22.2. The largest absolute Gasteiger partial charge is 0.307 e. The molecule has 0 aliphatic carbocycles. The molecule has 3 rings (SSSR count). The second-order valence-corrected chi connectivity index (χ2v) is 13.2. The Balaban J connectivity index is 1.48. The maximum atomic E-state index is 3.81. The third-order valence-electron chi connectivity index (χ3n) is 7.25. The van der Waals surface area contributed by atoms with Gasteiger partial charge in [0.2, 0.25) is 0 Å². The summed E-state index contributed by atoms with van der Waals surface area (Å²) in [4.78, 5) is 0. The zero-order valence-electron chi connectivity index (χ0n) is 21.1. The molecule has 0 spiro atoms. The fourth-order valence-electron chi connectivity index (χ4n) is 7.09. The third kappa shape index (κ3) is 7.09. The van der Waals surface area contributed by atoms with Gasteiger partial charge in [-0.2, -0.15) is 0 Å². The number of nitrogens with one attached hydrogen (secondary N) is 2. The predicted molar refractivity (Wildman–Crippen MR) is 131 cm³/mol. The van der Waals surface area contributed by atoms with E-state index < -0.39 is 0 Å². The first-order valence-corrected chi connectivity index (χ1v) is 12.4. The van der Waals surface area contributed by atoms with E-state index in [1.165, 1.54) is 62.5 Å². The van der Waals surface area contributed by atoms with Gasteiger partial charge in [-0.1, -0.05) is 24.3 Å². The van der Waals surface area contributed by atoms with Crippen LogP contribution in [0.4, 0.5) is 0 Å². The van der Waals surface area contributed by atoms with E-state index in [4.69, 9.17) is 0 Å². The topological polar surface area (TPSA) is 24.1 Å². The van der Waals surface area contributed by atoms with E-state index in [0.717, 1.165) is 11.8 Å². The Bertz CT molecular complexity index is 603. The van der Waals surface area contributed by atoms with Crippen molar-refractivity contribution in [2.75, 3.05) is 0 Å². The summed E-state index contributed by atoms with van der Waals surface area (Å²) in [5.41, 5.74) is 4.05. The van der Waals surface area contributed by atoms with Crippen molar-refractivity contribution in [1.29, 1.82) is 0 Å². The average Bonchev–Trinajstić information content (AvgIpc) is 2.53. The van der Waals surface area contributed by atoms with E-state index in [9.17, 15) is 0 Å². The summed E-state index contributed by atoms with van der Waals surface area (Å²) in [5.74, 6) is 1.64. The zero-order valence-corrected chi connectivity index (χ0v) is 21.1. The monoisotopic (exact) mass is 412 g/mol. The van der Waals surface area contributed by atoms with Gasteiger partial charge in [0.1, 0.15) is 0 Å². The number of aryl methyl sites for hydroxylation is 2. The molecule has 0 radical (unpaired) electrons. The molecule has 2 aliphatic rings. The van der Waals surface area contributed by atoms with Gasteiger partial charge < -0.3 is 10.6 Å². The molecule has 2 nitrogen and oxygen atoms in total. The summed E-state index contributed by atoms with van der Waals surface area (Å²) in [6.45, 7) is 18.9. The number of hydrogen-bond donors (Lipinski definition) is 2. The SMILES string of the molecule is CC1(C)CC(CCc2ccc(CCC3CC(C)(C)NC(C)(C)C3)cc2)CC(C)(C)N1. The van der Waals surface area contributed by atoms with Crippen molar-refractivity contribution in [3.05, 3.63) is 35.4 Å². The lowest BCUT2D eigenvalue weighted by molar-refractivity contribution is 0.123. The average molecular weight is 413 g/mol. The second-order valence-electron chi connectivity index (χ2n) is 13.2. The molecule has 1 aromatic rings. The number of hydrogen-bond acceptors (Lipinski definition) is 2. The van der Waals surface area contributed by atoms with E-state index in [1.54, 1.807) is 0 Å². The molecule has 0 amide bonds. The van der Waals surface area contributed by atoms with Gasteiger partial charge in [-0.3, -0.25) is 0 Å². The van der Waals surface area contributed by atoms with Crippen LogP contribution in [0.15, 0.2) is 24.3 Å².